The van der Waals surface area contributed by atoms with Crippen LogP contribution in [0.3, 0.4) is 0 Å². The predicted molar refractivity (Wildman–Crippen MR) is 139 cm³/mol. The fraction of sp³-hybridized carbons (Fsp3) is 0.548. The van der Waals surface area contributed by atoms with E-state index in [9.17, 15) is 8.78 Å². The fourth-order valence-electron chi connectivity index (χ4n) is 5.95. The van der Waals surface area contributed by atoms with E-state index in [0.717, 1.165) is 64.4 Å². The molecule has 37 heavy (non-hydrogen) atoms. The summed E-state index contributed by atoms with van der Waals surface area (Å²) in [5.74, 6) is -3.64. The zero-order chi connectivity index (χ0) is 26.4. The Bertz CT molecular complexity index is 1050. The molecule has 2 fully saturated rings. The van der Waals surface area contributed by atoms with Crippen molar-refractivity contribution >= 4 is 0 Å². The first-order chi connectivity index (χ1) is 17.9. The molecule has 2 aliphatic rings. The molecule has 0 amide bonds. The molecule has 202 valence electrons. The molecule has 0 bridgehead atoms. The quantitative estimate of drug-likeness (QED) is 0.231. The molecule has 1 saturated heterocycles. The van der Waals surface area contributed by atoms with E-state index in [0.29, 0.717) is 23.5 Å². The van der Waals surface area contributed by atoms with E-state index in [1.54, 1.807) is 6.92 Å². The normalized spacial score (nSPS) is 24.1. The number of allylic oxidation sites excluding steroid dienone is 1. The van der Waals surface area contributed by atoms with Gasteiger partial charge in [-0.15, -0.1) is 6.58 Å². The lowest BCUT2D eigenvalue weighted by Crippen LogP contribution is -2.26. The Hall–Kier alpha value is -2.34. The van der Waals surface area contributed by atoms with Crippen LogP contribution in [0.2, 0.25) is 0 Å². The van der Waals surface area contributed by atoms with E-state index in [1.165, 1.54) is 30.7 Å². The van der Waals surface area contributed by atoms with Gasteiger partial charge in [0, 0.05) is 17.7 Å². The molecule has 2 aromatic carbocycles. The van der Waals surface area contributed by atoms with Crippen LogP contribution >= 0.6 is 0 Å². The van der Waals surface area contributed by atoms with E-state index in [2.05, 4.69) is 6.58 Å². The Labute approximate surface area is 218 Å². The third-order valence-electron chi connectivity index (χ3n) is 8.18. The lowest BCUT2D eigenvalue weighted by Gasteiger charge is -2.32. The number of halogens is 4. The maximum atomic E-state index is 15.1. The minimum Gasteiger partial charge on any atom is -0.491 e. The molecule has 2 unspecified atom stereocenters. The van der Waals surface area contributed by atoms with Crippen LogP contribution in [0.5, 0.6) is 5.75 Å². The Morgan fingerprint density at radius 1 is 0.811 bits per heavy atom. The van der Waals surface area contributed by atoms with Gasteiger partial charge >= 0.3 is 0 Å². The first kappa shape index (κ1) is 27.7. The van der Waals surface area contributed by atoms with Crippen molar-refractivity contribution in [1.82, 2.24) is 0 Å². The Kier molecular flexibility index (Phi) is 9.69. The van der Waals surface area contributed by atoms with E-state index in [-0.39, 0.29) is 29.4 Å². The number of rotatable bonds is 10. The van der Waals surface area contributed by atoms with Crippen LogP contribution in [0.15, 0.2) is 36.9 Å². The molecule has 0 spiro atoms. The largest absolute Gasteiger partial charge is 0.491 e. The third kappa shape index (κ3) is 6.57. The summed E-state index contributed by atoms with van der Waals surface area (Å²) in [5, 5.41) is 0. The van der Waals surface area contributed by atoms with Crippen molar-refractivity contribution < 1.29 is 27.0 Å². The highest BCUT2D eigenvalue weighted by molar-refractivity contribution is 5.66. The summed E-state index contributed by atoms with van der Waals surface area (Å²) >= 11 is 0. The second kappa shape index (κ2) is 12.9. The smallest absolute Gasteiger partial charge is 0.201 e. The molecule has 2 nitrogen and oxygen atoms in total. The van der Waals surface area contributed by atoms with Crippen molar-refractivity contribution in [3.05, 3.63) is 65.8 Å². The molecule has 1 saturated carbocycles. The van der Waals surface area contributed by atoms with Crippen molar-refractivity contribution in [2.45, 2.75) is 83.2 Å². The highest BCUT2D eigenvalue weighted by Crippen LogP contribution is 2.41. The molecule has 2 atom stereocenters. The number of ether oxygens (including phenoxy) is 2. The lowest BCUT2D eigenvalue weighted by atomic mass is 9.76. The summed E-state index contributed by atoms with van der Waals surface area (Å²) in [6.45, 7) is 6.46. The predicted octanol–water partition coefficient (Wildman–Crippen LogP) is 9.12. The zero-order valence-corrected chi connectivity index (χ0v) is 21.7. The van der Waals surface area contributed by atoms with E-state index in [4.69, 9.17) is 9.47 Å². The highest BCUT2D eigenvalue weighted by Gasteiger charge is 2.29. The summed E-state index contributed by atoms with van der Waals surface area (Å²) in [6.07, 6.45) is 12.6. The third-order valence-corrected chi connectivity index (χ3v) is 8.18. The molecule has 4 rings (SSSR count). The van der Waals surface area contributed by atoms with E-state index >= 15 is 8.78 Å². The Morgan fingerprint density at radius 3 is 2.14 bits per heavy atom. The minimum atomic E-state index is -1.24. The van der Waals surface area contributed by atoms with Crippen LogP contribution in [0.4, 0.5) is 17.6 Å². The maximum absolute atomic E-state index is 15.1. The van der Waals surface area contributed by atoms with Crippen LogP contribution in [-0.2, 0) is 4.74 Å². The van der Waals surface area contributed by atoms with E-state index in [1.807, 2.05) is 6.08 Å². The van der Waals surface area contributed by atoms with E-state index < -0.39 is 23.3 Å². The average molecular weight is 519 g/mol. The summed E-state index contributed by atoms with van der Waals surface area (Å²) in [6, 6.07) is 5.36. The first-order valence-corrected chi connectivity index (χ1v) is 13.7. The van der Waals surface area contributed by atoms with Gasteiger partial charge in [0.15, 0.2) is 23.2 Å². The molecule has 6 heteroatoms. The molecule has 0 radical (unpaired) electrons. The monoisotopic (exact) mass is 518 g/mol. The van der Waals surface area contributed by atoms with Gasteiger partial charge in [-0.3, -0.25) is 0 Å². The minimum absolute atomic E-state index is 0.0711. The molecule has 0 N–H and O–H groups in total. The number of hydrogen-bond acceptors (Lipinski definition) is 2. The maximum Gasteiger partial charge on any atom is 0.201 e. The molecular weight excluding hydrogens is 480 g/mol. The van der Waals surface area contributed by atoms with Gasteiger partial charge in [0.05, 0.1) is 12.7 Å². The van der Waals surface area contributed by atoms with Crippen LogP contribution < -0.4 is 4.74 Å². The van der Waals surface area contributed by atoms with Gasteiger partial charge in [-0.05, 0) is 107 Å². The summed E-state index contributed by atoms with van der Waals surface area (Å²) in [4.78, 5) is 0. The molecule has 1 aliphatic carbocycles. The van der Waals surface area contributed by atoms with Crippen molar-refractivity contribution in [2.24, 2.45) is 11.8 Å². The molecule has 1 heterocycles. The van der Waals surface area contributed by atoms with Gasteiger partial charge < -0.3 is 9.47 Å². The molecule has 2 aromatic rings. The molecule has 1 aliphatic heterocycles. The fourth-order valence-corrected chi connectivity index (χ4v) is 5.95. The standard InChI is InChI=1S/C31H38F4O2/c1-3-5-6-21-10-14-23(37-19-21)13-9-20-7-11-22(12-8-20)24-15-16-25(29(33)28(24)32)26-17-18-27(36-4-2)31(35)30(26)34/h3,15-18,20-23H,1,4-14,19H2,2H3. The first-order valence-electron chi connectivity index (χ1n) is 13.7. The van der Waals surface area contributed by atoms with Crippen LogP contribution in [0.25, 0.3) is 11.1 Å². The topological polar surface area (TPSA) is 18.5 Å². The van der Waals surface area contributed by atoms with Gasteiger partial charge in [0.25, 0.3) is 0 Å². The lowest BCUT2D eigenvalue weighted by molar-refractivity contribution is -0.0249. The average Bonchev–Trinajstić information content (AvgIpc) is 2.92. The molecule has 0 aromatic heterocycles. The summed E-state index contributed by atoms with van der Waals surface area (Å²) in [5.41, 5.74) is -0.272. The van der Waals surface area contributed by atoms with Gasteiger partial charge in [-0.2, -0.15) is 4.39 Å². The SMILES string of the molecule is C=CCCC1CCC(CCC2CCC(c3ccc(-c4ccc(OCC)c(F)c4F)c(F)c3F)CC2)OC1. The van der Waals surface area contributed by atoms with Crippen molar-refractivity contribution in [1.29, 1.82) is 0 Å². The number of hydrogen-bond donors (Lipinski definition) is 0. The summed E-state index contributed by atoms with van der Waals surface area (Å²) in [7, 11) is 0. The van der Waals surface area contributed by atoms with Gasteiger partial charge in [-0.1, -0.05) is 18.2 Å². The van der Waals surface area contributed by atoms with Crippen LogP contribution in [-0.4, -0.2) is 19.3 Å². The highest BCUT2D eigenvalue weighted by atomic mass is 19.2. The summed E-state index contributed by atoms with van der Waals surface area (Å²) < 4.78 is 70.2. The van der Waals surface area contributed by atoms with Crippen LogP contribution in [0, 0.1) is 35.1 Å². The Morgan fingerprint density at radius 2 is 1.49 bits per heavy atom. The van der Waals surface area contributed by atoms with Crippen LogP contribution in [0.1, 0.15) is 82.6 Å². The van der Waals surface area contributed by atoms with Gasteiger partial charge in [0.1, 0.15) is 0 Å². The number of benzene rings is 2. The second-order valence-corrected chi connectivity index (χ2v) is 10.6. The van der Waals surface area contributed by atoms with Gasteiger partial charge in [-0.25, -0.2) is 13.2 Å². The molecular formula is C31H38F4O2. The zero-order valence-electron chi connectivity index (χ0n) is 21.7. The van der Waals surface area contributed by atoms with Gasteiger partial charge in [0.2, 0.25) is 5.82 Å². The van der Waals surface area contributed by atoms with Crippen molar-refractivity contribution in [3.8, 4) is 16.9 Å². The Balaban J connectivity index is 1.32. The van der Waals surface area contributed by atoms with Crippen molar-refractivity contribution in [3.63, 3.8) is 0 Å². The second-order valence-electron chi connectivity index (χ2n) is 10.6. The van der Waals surface area contributed by atoms with Crippen molar-refractivity contribution in [2.75, 3.05) is 13.2 Å².